The van der Waals surface area contributed by atoms with Crippen LogP contribution >= 0.6 is 31.9 Å². The molecule has 3 nitrogen and oxygen atoms in total. The minimum Gasteiger partial charge on any atom is -0.207 e. The average Bonchev–Trinajstić information content (AvgIpc) is 2.32. The van der Waals surface area contributed by atoms with Crippen molar-refractivity contribution in [2.45, 2.75) is 18.2 Å². The van der Waals surface area contributed by atoms with Gasteiger partial charge in [-0.05, 0) is 47.5 Å². The predicted octanol–water partition coefficient (Wildman–Crippen LogP) is 3.55. The van der Waals surface area contributed by atoms with Crippen LogP contribution in [0.4, 0.5) is 0 Å². The number of halogens is 2. The Bertz CT molecular complexity index is 596. The van der Waals surface area contributed by atoms with Gasteiger partial charge in [-0.25, -0.2) is 8.42 Å². The number of hydrogen-bond acceptors (Lipinski definition) is 2. The van der Waals surface area contributed by atoms with E-state index in [2.05, 4.69) is 31.9 Å². The zero-order valence-corrected chi connectivity index (χ0v) is 13.8. The first-order valence-electron chi connectivity index (χ1n) is 5.52. The molecule has 18 heavy (non-hydrogen) atoms. The van der Waals surface area contributed by atoms with Crippen molar-refractivity contribution in [3.63, 3.8) is 0 Å². The van der Waals surface area contributed by atoms with Crippen molar-refractivity contribution in [3.05, 3.63) is 38.8 Å². The highest BCUT2D eigenvalue weighted by atomic mass is 79.9. The third-order valence-electron chi connectivity index (χ3n) is 2.91. The maximum atomic E-state index is 12.5. The Balaban J connectivity index is 2.40. The van der Waals surface area contributed by atoms with Crippen LogP contribution in [0, 0.1) is 0 Å². The highest BCUT2D eigenvalue weighted by Crippen LogP contribution is 2.29. The van der Waals surface area contributed by atoms with Crippen molar-refractivity contribution in [1.82, 2.24) is 4.31 Å². The molecule has 0 N–H and O–H groups in total. The van der Waals surface area contributed by atoms with Gasteiger partial charge in [0.05, 0.1) is 4.90 Å². The largest absolute Gasteiger partial charge is 0.244 e. The molecule has 0 unspecified atom stereocenters. The molecule has 0 aromatic heterocycles. The second-order valence-corrected chi connectivity index (χ2v) is 7.91. The maximum absolute atomic E-state index is 12.5. The summed E-state index contributed by atoms with van der Waals surface area (Å²) in [5.74, 6) is 0. The van der Waals surface area contributed by atoms with E-state index in [4.69, 9.17) is 0 Å². The summed E-state index contributed by atoms with van der Waals surface area (Å²) in [6, 6.07) is 5.18. The van der Waals surface area contributed by atoms with Crippen LogP contribution in [-0.2, 0) is 10.0 Å². The second kappa shape index (κ2) is 5.45. The molecule has 0 atom stereocenters. The van der Waals surface area contributed by atoms with E-state index >= 15 is 0 Å². The van der Waals surface area contributed by atoms with Crippen LogP contribution in [-0.4, -0.2) is 25.8 Å². The fourth-order valence-corrected chi connectivity index (χ4v) is 4.63. The van der Waals surface area contributed by atoms with Gasteiger partial charge in [-0.2, -0.15) is 4.31 Å². The van der Waals surface area contributed by atoms with Crippen LogP contribution in [0.3, 0.4) is 0 Å². The van der Waals surface area contributed by atoms with Crippen LogP contribution in [0.2, 0.25) is 0 Å². The molecular formula is C12H13Br2NO2S. The summed E-state index contributed by atoms with van der Waals surface area (Å²) in [5.41, 5.74) is 1.25. The van der Waals surface area contributed by atoms with Crippen molar-refractivity contribution in [1.29, 1.82) is 0 Å². The lowest BCUT2D eigenvalue weighted by atomic mass is 10.1. The Morgan fingerprint density at radius 2 is 2.00 bits per heavy atom. The van der Waals surface area contributed by atoms with E-state index in [1.807, 2.05) is 19.1 Å². The Hall–Kier alpha value is -0.170. The quantitative estimate of drug-likeness (QED) is 0.719. The van der Waals surface area contributed by atoms with Crippen molar-refractivity contribution < 1.29 is 8.42 Å². The van der Waals surface area contributed by atoms with Gasteiger partial charge >= 0.3 is 0 Å². The summed E-state index contributed by atoms with van der Waals surface area (Å²) in [4.78, 5) is 0.310. The predicted molar refractivity (Wildman–Crippen MR) is 79.0 cm³/mol. The lowest BCUT2D eigenvalue weighted by molar-refractivity contribution is 0.431. The molecule has 0 bridgehead atoms. The summed E-state index contributed by atoms with van der Waals surface area (Å²) in [6.45, 7) is 3.02. The van der Waals surface area contributed by atoms with E-state index in [0.29, 0.717) is 22.5 Å². The fourth-order valence-electron chi connectivity index (χ4n) is 1.78. The van der Waals surface area contributed by atoms with E-state index < -0.39 is 10.0 Å². The van der Waals surface area contributed by atoms with Crippen molar-refractivity contribution in [3.8, 4) is 0 Å². The Morgan fingerprint density at radius 1 is 1.28 bits per heavy atom. The SMILES string of the molecule is CC1=CCN(S(=O)(=O)c2cc(Br)ccc2Br)CC1. The minimum atomic E-state index is -3.43. The first-order chi connectivity index (χ1) is 8.41. The molecule has 2 rings (SSSR count). The van der Waals surface area contributed by atoms with Gasteiger partial charge in [-0.3, -0.25) is 0 Å². The number of hydrogen-bond donors (Lipinski definition) is 0. The van der Waals surface area contributed by atoms with Crippen molar-refractivity contribution >= 4 is 41.9 Å². The summed E-state index contributed by atoms with van der Waals surface area (Å²) in [6.07, 6.45) is 2.76. The van der Waals surface area contributed by atoms with Crippen LogP contribution < -0.4 is 0 Å². The van der Waals surface area contributed by atoms with E-state index in [0.717, 1.165) is 10.9 Å². The standard InChI is InChI=1S/C12H13Br2NO2S/c1-9-4-6-15(7-5-9)18(16,17)12-8-10(13)2-3-11(12)14/h2-4,8H,5-7H2,1H3. The third-order valence-corrected chi connectivity index (χ3v) is 6.26. The zero-order chi connectivity index (χ0) is 13.3. The normalized spacial score (nSPS) is 17.6. The zero-order valence-electron chi connectivity index (χ0n) is 9.86. The Morgan fingerprint density at radius 3 is 2.61 bits per heavy atom. The number of sulfonamides is 1. The van der Waals surface area contributed by atoms with Gasteiger partial charge in [0.1, 0.15) is 0 Å². The van der Waals surface area contributed by atoms with Gasteiger partial charge < -0.3 is 0 Å². The minimum absolute atomic E-state index is 0.310. The molecule has 1 aliphatic rings. The van der Waals surface area contributed by atoms with Crippen LogP contribution in [0.1, 0.15) is 13.3 Å². The smallest absolute Gasteiger partial charge is 0.207 e. The molecule has 0 aliphatic carbocycles. The molecule has 0 saturated heterocycles. The summed E-state index contributed by atoms with van der Waals surface area (Å²) < 4.78 is 27.9. The van der Waals surface area contributed by atoms with E-state index in [1.54, 1.807) is 12.1 Å². The van der Waals surface area contributed by atoms with Gasteiger partial charge in [0.2, 0.25) is 10.0 Å². The molecule has 0 amide bonds. The van der Waals surface area contributed by atoms with Gasteiger partial charge in [-0.1, -0.05) is 27.6 Å². The van der Waals surface area contributed by atoms with E-state index in [1.165, 1.54) is 9.88 Å². The Labute approximate surface area is 124 Å². The maximum Gasteiger partial charge on any atom is 0.244 e. The molecule has 0 fully saturated rings. The van der Waals surface area contributed by atoms with E-state index in [-0.39, 0.29) is 0 Å². The number of nitrogens with zero attached hydrogens (tertiary/aromatic N) is 1. The second-order valence-electron chi connectivity index (χ2n) is 4.24. The average molecular weight is 395 g/mol. The van der Waals surface area contributed by atoms with Gasteiger partial charge in [0.15, 0.2) is 0 Å². The molecule has 1 aromatic rings. The van der Waals surface area contributed by atoms with E-state index in [9.17, 15) is 8.42 Å². The first kappa shape index (κ1) is 14.2. The van der Waals surface area contributed by atoms with Crippen LogP contribution in [0.15, 0.2) is 43.7 Å². The molecule has 1 heterocycles. The van der Waals surface area contributed by atoms with Crippen molar-refractivity contribution in [2.24, 2.45) is 0 Å². The monoisotopic (exact) mass is 393 g/mol. The van der Waals surface area contributed by atoms with Gasteiger partial charge in [0, 0.05) is 22.0 Å². The molecule has 0 saturated carbocycles. The molecule has 1 aromatic carbocycles. The molecular weight excluding hydrogens is 382 g/mol. The van der Waals surface area contributed by atoms with Crippen LogP contribution in [0.25, 0.3) is 0 Å². The summed E-state index contributed by atoms with van der Waals surface area (Å²) in [7, 11) is -3.43. The highest BCUT2D eigenvalue weighted by Gasteiger charge is 2.27. The molecule has 1 aliphatic heterocycles. The lowest BCUT2D eigenvalue weighted by Gasteiger charge is -2.25. The topological polar surface area (TPSA) is 37.4 Å². The summed E-state index contributed by atoms with van der Waals surface area (Å²) in [5, 5.41) is 0. The number of benzene rings is 1. The third kappa shape index (κ3) is 2.87. The lowest BCUT2D eigenvalue weighted by Crippen LogP contribution is -2.34. The van der Waals surface area contributed by atoms with Crippen molar-refractivity contribution in [2.75, 3.05) is 13.1 Å². The molecule has 98 valence electrons. The first-order valence-corrected chi connectivity index (χ1v) is 8.55. The Kier molecular flexibility index (Phi) is 4.31. The molecule has 0 radical (unpaired) electrons. The molecule has 6 heteroatoms. The van der Waals surface area contributed by atoms with Gasteiger partial charge in [0.25, 0.3) is 0 Å². The fraction of sp³-hybridized carbons (Fsp3) is 0.333. The van der Waals surface area contributed by atoms with Gasteiger partial charge in [-0.15, -0.1) is 0 Å². The van der Waals surface area contributed by atoms with Crippen LogP contribution in [0.5, 0.6) is 0 Å². The molecule has 0 spiro atoms. The summed E-state index contributed by atoms with van der Waals surface area (Å²) >= 11 is 6.61. The number of rotatable bonds is 2. The highest BCUT2D eigenvalue weighted by molar-refractivity contribution is 9.11.